The average Bonchev–Trinajstić information content (AvgIpc) is 3.07. The number of thiocarbonyl (C=S) groups is 1. The molecule has 4 rings (SSSR count). The fraction of sp³-hybridized carbons (Fsp3) is 0.250. The SMILES string of the molecule is Oc1[nH]c2ccccc2c1N=NC(=S)Nc1ncc(C2CCC2)o1. The molecule has 0 aliphatic heterocycles. The van der Waals surface area contributed by atoms with Crippen LogP contribution in [0.1, 0.15) is 30.9 Å². The molecule has 0 radical (unpaired) electrons. The van der Waals surface area contributed by atoms with Gasteiger partial charge in [-0.3, -0.25) is 5.32 Å². The van der Waals surface area contributed by atoms with Crippen molar-refractivity contribution in [1.82, 2.24) is 9.97 Å². The summed E-state index contributed by atoms with van der Waals surface area (Å²) in [6.07, 6.45) is 5.23. The summed E-state index contributed by atoms with van der Waals surface area (Å²) in [6.45, 7) is 0. The Bertz CT molecular complexity index is 926. The Morgan fingerprint density at radius 2 is 2.21 bits per heavy atom. The number of fused-ring (bicyclic) bond motifs is 1. The van der Waals surface area contributed by atoms with Crippen LogP contribution in [-0.2, 0) is 0 Å². The van der Waals surface area contributed by atoms with Crippen LogP contribution in [0.3, 0.4) is 0 Å². The minimum absolute atomic E-state index is 0.0499. The standard InChI is InChI=1S/C16H15N5O2S/c22-14-13(10-6-1-2-7-11(10)18-14)20-21-16(24)19-15-17-8-12(23-15)9-4-3-5-9/h1-2,6-9,18,22H,3-5H2,(H,17,19,24). The number of para-hydroxylation sites is 1. The lowest BCUT2D eigenvalue weighted by molar-refractivity contribution is 0.351. The van der Waals surface area contributed by atoms with Gasteiger partial charge in [0.15, 0.2) is 5.69 Å². The van der Waals surface area contributed by atoms with Crippen LogP contribution < -0.4 is 5.32 Å². The highest BCUT2D eigenvalue weighted by Gasteiger charge is 2.23. The molecule has 1 fully saturated rings. The average molecular weight is 341 g/mol. The normalized spacial score (nSPS) is 15.0. The second-order valence-corrected chi connectivity index (χ2v) is 6.08. The number of azo groups is 1. The molecule has 0 amide bonds. The highest BCUT2D eigenvalue weighted by atomic mass is 32.1. The molecule has 2 aromatic heterocycles. The summed E-state index contributed by atoms with van der Waals surface area (Å²) < 4.78 is 5.62. The number of aromatic hydroxyl groups is 1. The molecule has 7 nitrogen and oxygen atoms in total. The third-order valence-electron chi connectivity index (χ3n) is 4.15. The van der Waals surface area contributed by atoms with E-state index in [1.165, 1.54) is 6.42 Å². The number of anilines is 1. The maximum atomic E-state index is 9.93. The van der Waals surface area contributed by atoms with E-state index in [1.807, 2.05) is 24.3 Å². The number of H-pyrrole nitrogens is 1. The summed E-state index contributed by atoms with van der Waals surface area (Å²) in [6, 6.07) is 7.73. The lowest BCUT2D eigenvalue weighted by Crippen LogP contribution is -2.07. The number of aromatic amines is 1. The van der Waals surface area contributed by atoms with Crippen LogP contribution in [0.15, 0.2) is 45.1 Å². The number of aromatic nitrogens is 2. The minimum atomic E-state index is -0.0499. The quantitative estimate of drug-likeness (QED) is 0.477. The van der Waals surface area contributed by atoms with E-state index in [1.54, 1.807) is 6.20 Å². The van der Waals surface area contributed by atoms with E-state index in [4.69, 9.17) is 16.6 Å². The van der Waals surface area contributed by atoms with Gasteiger partial charge in [-0.15, -0.1) is 10.2 Å². The molecule has 0 saturated heterocycles. The first kappa shape index (κ1) is 14.8. The van der Waals surface area contributed by atoms with Gasteiger partial charge in [-0.1, -0.05) is 24.6 Å². The summed E-state index contributed by atoms with van der Waals surface area (Å²) >= 11 is 5.13. The molecular formula is C16H15N5O2S. The molecule has 0 spiro atoms. The van der Waals surface area contributed by atoms with Crippen molar-refractivity contribution in [2.45, 2.75) is 25.2 Å². The molecule has 1 saturated carbocycles. The topological polar surface area (TPSA) is 98.8 Å². The summed E-state index contributed by atoms with van der Waals surface area (Å²) in [4.78, 5) is 6.99. The van der Waals surface area contributed by atoms with Gasteiger partial charge < -0.3 is 14.5 Å². The van der Waals surface area contributed by atoms with Crippen LogP contribution >= 0.6 is 12.2 Å². The van der Waals surface area contributed by atoms with E-state index in [9.17, 15) is 5.11 Å². The lowest BCUT2D eigenvalue weighted by atomic mass is 9.84. The Balaban J connectivity index is 1.47. The number of oxazole rings is 1. The largest absolute Gasteiger partial charge is 0.493 e. The molecule has 0 bridgehead atoms. The van der Waals surface area contributed by atoms with Crippen LogP contribution in [0.4, 0.5) is 11.7 Å². The highest BCUT2D eigenvalue weighted by Crippen LogP contribution is 2.37. The van der Waals surface area contributed by atoms with Crippen LogP contribution in [-0.4, -0.2) is 20.2 Å². The van der Waals surface area contributed by atoms with Crippen molar-refractivity contribution in [3.63, 3.8) is 0 Å². The van der Waals surface area contributed by atoms with E-state index in [0.717, 1.165) is 29.5 Å². The van der Waals surface area contributed by atoms with Crippen molar-refractivity contribution in [2.75, 3.05) is 5.32 Å². The van der Waals surface area contributed by atoms with Crippen molar-refractivity contribution >= 4 is 39.9 Å². The third-order valence-corrected chi connectivity index (χ3v) is 4.33. The lowest BCUT2D eigenvalue weighted by Gasteiger charge is -2.22. The molecule has 3 aromatic rings. The van der Waals surface area contributed by atoms with Crippen molar-refractivity contribution < 1.29 is 9.52 Å². The van der Waals surface area contributed by atoms with Crippen LogP contribution in [0.25, 0.3) is 10.9 Å². The van der Waals surface area contributed by atoms with Gasteiger partial charge in [0.1, 0.15) is 5.76 Å². The van der Waals surface area contributed by atoms with Crippen molar-refractivity contribution in [3.05, 3.63) is 36.2 Å². The molecule has 1 aliphatic rings. The number of hydrogen-bond donors (Lipinski definition) is 3. The van der Waals surface area contributed by atoms with E-state index in [2.05, 4.69) is 25.5 Å². The molecular weight excluding hydrogens is 326 g/mol. The predicted molar refractivity (Wildman–Crippen MR) is 93.8 cm³/mol. The van der Waals surface area contributed by atoms with Gasteiger partial charge in [-0.25, -0.2) is 4.98 Å². The van der Waals surface area contributed by atoms with Crippen molar-refractivity contribution in [1.29, 1.82) is 0 Å². The fourth-order valence-electron chi connectivity index (χ4n) is 2.65. The first-order chi connectivity index (χ1) is 11.7. The Morgan fingerprint density at radius 3 is 3.00 bits per heavy atom. The Morgan fingerprint density at radius 1 is 1.38 bits per heavy atom. The predicted octanol–water partition coefficient (Wildman–Crippen LogP) is 4.61. The molecule has 0 atom stereocenters. The van der Waals surface area contributed by atoms with E-state index < -0.39 is 0 Å². The molecule has 0 unspecified atom stereocenters. The third kappa shape index (κ3) is 2.76. The number of nitrogens with zero attached hydrogens (tertiary/aromatic N) is 3. The molecule has 2 heterocycles. The van der Waals surface area contributed by atoms with Gasteiger partial charge in [0.2, 0.25) is 11.0 Å². The van der Waals surface area contributed by atoms with Gasteiger partial charge in [-0.05, 0) is 31.1 Å². The fourth-order valence-corrected chi connectivity index (χ4v) is 2.78. The molecule has 8 heteroatoms. The van der Waals surface area contributed by atoms with Gasteiger partial charge in [0.05, 0.1) is 11.7 Å². The second kappa shape index (κ2) is 6.04. The second-order valence-electron chi connectivity index (χ2n) is 5.69. The Kier molecular flexibility index (Phi) is 3.73. The van der Waals surface area contributed by atoms with Crippen molar-refractivity contribution in [2.24, 2.45) is 10.2 Å². The molecule has 1 aromatic carbocycles. The first-order valence-electron chi connectivity index (χ1n) is 7.69. The smallest absolute Gasteiger partial charge is 0.301 e. The zero-order valence-electron chi connectivity index (χ0n) is 12.7. The van der Waals surface area contributed by atoms with Gasteiger partial charge >= 0.3 is 6.01 Å². The first-order valence-corrected chi connectivity index (χ1v) is 8.09. The highest BCUT2D eigenvalue weighted by molar-refractivity contribution is 7.80. The van der Waals surface area contributed by atoms with Crippen LogP contribution in [0.5, 0.6) is 5.88 Å². The molecule has 1 aliphatic carbocycles. The van der Waals surface area contributed by atoms with E-state index in [0.29, 0.717) is 17.6 Å². The number of nitrogens with one attached hydrogen (secondary N) is 2. The zero-order chi connectivity index (χ0) is 16.5. The van der Waals surface area contributed by atoms with Crippen molar-refractivity contribution in [3.8, 4) is 5.88 Å². The Hall–Kier alpha value is -2.74. The minimum Gasteiger partial charge on any atom is -0.493 e. The van der Waals surface area contributed by atoms with Gasteiger partial charge in [0.25, 0.3) is 0 Å². The summed E-state index contributed by atoms with van der Waals surface area (Å²) in [7, 11) is 0. The number of benzene rings is 1. The number of hydrogen-bond acceptors (Lipinski definition) is 5. The van der Waals surface area contributed by atoms with Crippen LogP contribution in [0, 0.1) is 0 Å². The summed E-state index contributed by atoms with van der Waals surface area (Å²) in [5.41, 5.74) is 1.12. The zero-order valence-corrected chi connectivity index (χ0v) is 13.5. The molecule has 3 N–H and O–H groups in total. The van der Waals surface area contributed by atoms with E-state index >= 15 is 0 Å². The van der Waals surface area contributed by atoms with Crippen LogP contribution in [0.2, 0.25) is 0 Å². The maximum absolute atomic E-state index is 9.93. The monoisotopic (exact) mass is 341 g/mol. The summed E-state index contributed by atoms with van der Waals surface area (Å²) in [5.74, 6) is 1.29. The van der Waals surface area contributed by atoms with E-state index in [-0.39, 0.29) is 11.0 Å². The van der Waals surface area contributed by atoms with Gasteiger partial charge in [-0.2, -0.15) is 0 Å². The summed E-state index contributed by atoms with van der Waals surface area (Å²) in [5, 5.41) is 21.6. The Labute approximate surface area is 142 Å². The number of rotatable bonds is 3. The van der Waals surface area contributed by atoms with Gasteiger partial charge in [0, 0.05) is 11.3 Å². The molecule has 24 heavy (non-hydrogen) atoms. The molecule has 122 valence electrons. The maximum Gasteiger partial charge on any atom is 0.301 e.